The van der Waals surface area contributed by atoms with Gasteiger partial charge in [0.25, 0.3) is 11.8 Å². The third-order valence-corrected chi connectivity index (χ3v) is 5.95. The molecule has 1 atom stereocenters. The van der Waals surface area contributed by atoms with Gasteiger partial charge in [0.2, 0.25) is 11.8 Å². The molecule has 0 bridgehead atoms. The first-order valence-corrected chi connectivity index (χ1v) is 9.75. The molecular formula is C22H18FN3O4. The number of amides is 4. The highest BCUT2D eigenvalue weighted by atomic mass is 19.1. The fourth-order valence-electron chi connectivity index (χ4n) is 4.40. The zero-order valence-corrected chi connectivity index (χ0v) is 16.0. The lowest BCUT2D eigenvalue weighted by Gasteiger charge is -2.29. The maximum atomic E-state index is 13.5. The SMILES string of the molecule is O=C1CCC(N2Cc3cc(C(=O)N4Cc5ccc(F)cc5C4)ccc3C2=O)C(=O)N1. The van der Waals surface area contributed by atoms with Crippen LogP contribution in [0.25, 0.3) is 0 Å². The van der Waals surface area contributed by atoms with Crippen LogP contribution in [0.2, 0.25) is 0 Å². The normalized spacial score (nSPS) is 20.3. The van der Waals surface area contributed by atoms with E-state index in [1.807, 2.05) is 0 Å². The van der Waals surface area contributed by atoms with Crippen LogP contribution < -0.4 is 5.32 Å². The summed E-state index contributed by atoms with van der Waals surface area (Å²) in [4.78, 5) is 52.4. The van der Waals surface area contributed by atoms with Crippen LogP contribution in [0.5, 0.6) is 0 Å². The molecule has 1 saturated heterocycles. The van der Waals surface area contributed by atoms with E-state index in [1.54, 1.807) is 29.2 Å². The smallest absolute Gasteiger partial charge is 0.255 e. The highest BCUT2D eigenvalue weighted by Gasteiger charge is 2.39. The topological polar surface area (TPSA) is 86.8 Å². The van der Waals surface area contributed by atoms with Crippen LogP contribution in [0.4, 0.5) is 4.39 Å². The summed E-state index contributed by atoms with van der Waals surface area (Å²) in [5, 5.41) is 2.27. The van der Waals surface area contributed by atoms with Gasteiger partial charge in [-0.1, -0.05) is 6.07 Å². The Bertz CT molecular complexity index is 1130. The fraction of sp³-hybridized carbons (Fsp3) is 0.273. The molecular weight excluding hydrogens is 389 g/mol. The Hall–Kier alpha value is -3.55. The number of hydrogen-bond donors (Lipinski definition) is 1. The zero-order valence-electron chi connectivity index (χ0n) is 16.0. The molecule has 5 rings (SSSR count). The van der Waals surface area contributed by atoms with Gasteiger partial charge in [0.15, 0.2) is 0 Å². The highest BCUT2D eigenvalue weighted by Crippen LogP contribution is 2.30. The molecule has 30 heavy (non-hydrogen) atoms. The molecule has 0 aliphatic carbocycles. The summed E-state index contributed by atoms with van der Waals surface area (Å²) in [7, 11) is 0. The Labute approximate surface area is 171 Å². The minimum Gasteiger partial charge on any atom is -0.330 e. The van der Waals surface area contributed by atoms with Gasteiger partial charge in [0.1, 0.15) is 11.9 Å². The van der Waals surface area contributed by atoms with Crippen molar-refractivity contribution in [3.8, 4) is 0 Å². The quantitative estimate of drug-likeness (QED) is 0.769. The van der Waals surface area contributed by atoms with E-state index in [1.165, 1.54) is 17.0 Å². The van der Waals surface area contributed by atoms with Gasteiger partial charge in [0.05, 0.1) is 0 Å². The predicted molar refractivity (Wildman–Crippen MR) is 102 cm³/mol. The average molecular weight is 407 g/mol. The average Bonchev–Trinajstić information content (AvgIpc) is 3.28. The lowest BCUT2D eigenvalue weighted by atomic mass is 10.0. The second-order valence-corrected chi connectivity index (χ2v) is 7.85. The van der Waals surface area contributed by atoms with Crippen LogP contribution in [0.3, 0.4) is 0 Å². The molecule has 152 valence electrons. The second-order valence-electron chi connectivity index (χ2n) is 7.85. The van der Waals surface area contributed by atoms with E-state index in [0.717, 1.165) is 11.1 Å². The number of fused-ring (bicyclic) bond motifs is 2. The van der Waals surface area contributed by atoms with Crippen LogP contribution in [-0.4, -0.2) is 39.5 Å². The Morgan fingerprint density at radius 3 is 2.57 bits per heavy atom. The van der Waals surface area contributed by atoms with E-state index in [9.17, 15) is 23.6 Å². The number of imide groups is 1. The van der Waals surface area contributed by atoms with Crippen LogP contribution in [-0.2, 0) is 29.2 Å². The maximum Gasteiger partial charge on any atom is 0.255 e. The van der Waals surface area contributed by atoms with Gasteiger partial charge < -0.3 is 9.80 Å². The summed E-state index contributed by atoms with van der Waals surface area (Å²) < 4.78 is 13.5. The summed E-state index contributed by atoms with van der Waals surface area (Å²) in [6.07, 6.45) is 0.481. The first-order chi connectivity index (χ1) is 14.4. The number of benzene rings is 2. The predicted octanol–water partition coefficient (Wildman–Crippen LogP) is 1.74. The maximum absolute atomic E-state index is 13.5. The highest BCUT2D eigenvalue weighted by molar-refractivity contribution is 6.06. The van der Waals surface area contributed by atoms with Crippen molar-refractivity contribution in [3.05, 3.63) is 70.0 Å². The molecule has 1 fully saturated rings. The molecule has 1 N–H and O–H groups in total. The molecule has 7 nitrogen and oxygen atoms in total. The summed E-state index contributed by atoms with van der Waals surface area (Å²) in [5.74, 6) is -1.60. The Morgan fingerprint density at radius 2 is 1.77 bits per heavy atom. The molecule has 2 aromatic carbocycles. The van der Waals surface area contributed by atoms with E-state index in [-0.39, 0.29) is 36.5 Å². The van der Waals surface area contributed by atoms with Gasteiger partial charge in [-0.25, -0.2) is 4.39 Å². The third kappa shape index (κ3) is 2.96. The van der Waals surface area contributed by atoms with Gasteiger partial charge in [0, 0.05) is 37.2 Å². The van der Waals surface area contributed by atoms with Gasteiger partial charge in [-0.3, -0.25) is 24.5 Å². The van der Waals surface area contributed by atoms with Crippen LogP contribution in [0, 0.1) is 5.82 Å². The van der Waals surface area contributed by atoms with Crippen molar-refractivity contribution < 1.29 is 23.6 Å². The molecule has 1 unspecified atom stereocenters. The molecule has 3 aliphatic heterocycles. The minimum absolute atomic E-state index is 0.191. The molecule has 0 spiro atoms. The monoisotopic (exact) mass is 407 g/mol. The van der Waals surface area contributed by atoms with E-state index in [4.69, 9.17) is 0 Å². The van der Waals surface area contributed by atoms with Crippen molar-refractivity contribution in [2.45, 2.75) is 38.5 Å². The molecule has 0 aromatic heterocycles. The van der Waals surface area contributed by atoms with Crippen molar-refractivity contribution in [2.75, 3.05) is 0 Å². The molecule has 8 heteroatoms. The first-order valence-electron chi connectivity index (χ1n) is 9.75. The minimum atomic E-state index is -0.690. The number of rotatable bonds is 2. The molecule has 0 saturated carbocycles. The van der Waals surface area contributed by atoms with E-state index in [0.29, 0.717) is 36.2 Å². The van der Waals surface area contributed by atoms with Crippen molar-refractivity contribution in [2.24, 2.45) is 0 Å². The Morgan fingerprint density at radius 1 is 0.967 bits per heavy atom. The van der Waals surface area contributed by atoms with Crippen molar-refractivity contribution in [3.63, 3.8) is 0 Å². The number of carbonyl (C=O) groups excluding carboxylic acids is 4. The number of piperidine rings is 1. The number of hydrogen-bond acceptors (Lipinski definition) is 4. The standard InChI is InChI=1S/C22H18FN3O4/c23-16-3-1-13-9-25(10-14(13)8-16)21(29)12-2-4-17-15(7-12)11-26(22(17)30)18-5-6-19(27)24-20(18)28/h1-4,7-8,18H,5-6,9-11H2,(H,24,27,28). The van der Waals surface area contributed by atoms with Gasteiger partial charge >= 0.3 is 0 Å². The van der Waals surface area contributed by atoms with E-state index < -0.39 is 11.9 Å². The van der Waals surface area contributed by atoms with Crippen LogP contribution in [0.15, 0.2) is 36.4 Å². The Kier molecular flexibility index (Phi) is 4.16. The number of carbonyl (C=O) groups is 4. The molecule has 4 amide bonds. The van der Waals surface area contributed by atoms with Crippen molar-refractivity contribution in [1.29, 1.82) is 0 Å². The first kappa shape index (κ1) is 18.5. The van der Waals surface area contributed by atoms with E-state index in [2.05, 4.69) is 5.32 Å². The lowest BCUT2D eigenvalue weighted by Crippen LogP contribution is -2.52. The van der Waals surface area contributed by atoms with Crippen LogP contribution >= 0.6 is 0 Å². The molecule has 3 heterocycles. The van der Waals surface area contributed by atoms with Gasteiger partial charge in [-0.2, -0.15) is 0 Å². The number of nitrogens with zero attached hydrogens (tertiary/aromatic N) is 2. The summed E-state index contributed by atoms with van der Waals surface area (Å²) in [6.45, 7) is 0.963. The number of halogens is 1. The zero-order chi connectivity index (χ0) is 21.0. The summed E-state index contributed by atoms with van der Waals surface area (Å²) >= 11 is 0. The Balaban J connectivity index is 1.35. The van der Waals surface area contributed by atoms with E-state index >= 15 is 0 Å². The fourth-order valence-corrected chi connectivity index (χ4v) is 4.40. The van der Waals surface area contributed by atoms with Gasteiger partial charge in [-0.05, 0) is 53.4 Å². The van der Waals surface area contributed by atoms with Crippen molar-refractivity contribution >= 4 is 23.6 Å². The lowest BCUT2D eigenvalue weighted by molar-refractivity contribution is -0.136. The second kappa shape index (κ2) is 6.76. The third-order valence-electron chi connectivity index (χ3n) is 5.95. The van der Waals surface area contributed by atoms with Gasteiger partial charge in [-0.15, -0.1) is 0 Å². The van der Waals surface area contributed by atoms with Crippen molar-refractivity contribution in [1.82, 2.24) is 15.1 Å². The molecule has 0 radical (unpaired) electrons. The van der Waals surface area contributed by atoms with Crippen LogP contribution in [0.1, 0.15) is 50.2 Å². The molecule has 3 aliphatic rings. The summed E-state index contributed by atoms with van der Waals surface area (Å²) in [6, 6.07) is 8.74. The molecule has 2 aromatic rings. The number of nitrogens with one attached hydrogen (secondary N) is 1. The largest absolute Gasteiger partial charge is 0.330 e. The summed E-state index contributed by atoms with van der Waals surface area (Å²) in [5.41, 5.74) is 3.30.